The normalized spacial score (nSPS) is 23.7. The summed E-state index contributed by atoms with van der Waals surface area (Å²) in [5.41, 5.74) is 4.33. The molecule has 8 nitrogen and oxygen atoms in total. The monoisotopic (exact) mass is 523 g/mol. The minimum atomic E-state index is -1.26. The SMILES string of the molecule is CC(C)n1cc2c3c(cccc31)C1C[C@@H](C(=O)N(C)C3CCCCC3)CN(C)[C@@H]1C2.O=C(O)/C=C\C(=O)O. The number of likely N-dealkylation sites (tertiary alicyclic amines) is 1. The van der Waals surface area contributed by atoms with Crippen LogP contribution in [0.25, 0.3) is 10.9 Å². The lowest BCUT2D eigenvalue weighted by Gasteiger charge is -2.46. The Labute approximate surface area is 224 Å². The van der Waals surface area contributed by atoms with Gasteiger partial charge in [-0.05, 0) is 63.8 Å². The molecule has 2 aliphatic carbocycles. The molecular weight excluding hydrogens is 482 g/mol. The summed E-state index contributed by atoms with van der Waals surface area (Å²) in [5.74, 6) is -1.56. The Bertz CT molecular complexity index is 1190. The van der Waals surface area contributed by atoms with E-state index in [4.69, 9.17) is 10.2 Å². The zero-order valence-corrected chi connectivity index (χ0v) is 23.0. The predicted molar refractivity (Wildman–Crippen MR) is 147 cm³/mol. The van der Waals surface area contributed by atoms with E-state index in [0.717, 1.165) is 19.4 Å². The number of aromatic nitrogens is 1. The Kier molecular flexibility index (Phi) is 8.61. The molecule has 2 aromatic rings. The number of benzene rings is 1. The molecule has 1 aliphatic heterocycles. The van der Waals surface area contributed by atoms with Crippen LogP contribution in [0.1, 0.15) is 75.5 Å². The number of carboxylic acids is 2. The van der Waals surface area contributed by atoms with Crippen LogP contribution in [0.15, 0.2) is 36.5 Å². The Balaban J connectivity index is 0.000000368. The summed E-state index contributed by atoms with van der Waals surface area (Å²) in [7, 11) is 4.30. The fraction of sp³-hybridized carbons (Fsp3) is 0.567. The smallest absolute Gasteiger partial charge is 0.328 e. The second-order valence-electron chi connectivity index (χ2n) is 11.4. The highest BCUT2D eigenvalue weighted by Gasteiger charge is 2.43. The fourth-order valence-corrected chi connectivity index (χ4v) is 6.76. The van der Waals surface area contributed by atoms with Crippen molar-refractivity contribution in [2.45, 2.75) is 82.8 Å². The lowest BCUT2D eigenvalue weighted by molar-refractivity contribution is -0.139. The van der Waals surface area contributed by atoms with Crippen molar-refractivity contribution in [3.05, 3.63) is 47.7 Å². The Morgan fingerprint density at radius 3 is 2.32 bits per heavy atom. The highest BCUT2D eigenvalue weighted by atomic mass is 16.4. The highest BCUT2D eigenvalue weighted by Crippen LogP contribution is 2.45. The average Bonchev–Trinajstić information content (AvgIpc) is 3.28. The number of carboxylic acid groups (broad SMARTS) is 2. The van der Waals surface area contributed by atoms with Crippen LogP contribution in [0, 0.1) is 5.92 Å². The number of amides is 1. The van der Waals surface area contributed by atoms with Crippen molar-refractivity contribution in [1.29, 1.82) is 0 Å². The third-order valence-corrected chi connectivity index (χ3v) is 8.62. The maximum atomic E-state index is 13.5. The fourth-order valence-electron chi connectivity index (χ4n) is 6.76. The topological polar surface area (TPSA) is 103 Å². The molecule has 38 heavy (non-hydrogen) atoms. The number of carbonyl (C=O) groups excluding carboxylic acids is 1. The lowest BCUT2D eigenvalue weighted by atomic mass is 9.72. The maximum absolute atomic E-state index is 13.5. The number of hydrogen-bond acceptors (Lipinski definition) is 4. The van der Waals surface area contributed by atoms with Gasteiger partial charge in [-0.3, -0.25) is 4.79 Å². The van der Waals surface area contributed by atoms with Crippen molar-refractivity contribution < 1.29 is 24.6 Å². The molecule has 206 valence electrons. The second-order valence-corrected chi connectivity index (χ2v) is 11.4. The van der Waals surface area contributed by atoms with Crippen LogP contribution < -0.4 is 0 Å². The molecule has 0 radical (unpaired) electrons. The number of carbonyl (C=O) groups is 3. The molecule has 1 aromatic heterocycles. The number of hydrogen-bond donors (Lipinski definition) is 2. The second kappa shape index (κ2) is 11.7. The molecule has 3 atom stereocenters. The maximum Gasteiger partial charge on any atom is 0.328 e. The molecule has 2 fully saturated rings. The molecule has 2 heterocycles. The van der Waals surface area contributed by atoms with Gasteiger partial charge in [0.1, 0.15) is 0 Å². The number of aliphatic carboxylic acids is 2. The molecule has 1 aromatic carbocycles. The zero-order valence-electron chi connectivity index (χ0n) is 23.0. The van der Waals surface area contributed by atoms with E-state index in [1.807, 2.05) is 0 Å². The van der Waals surface area contributed by atoms with E-state index >= 15 is 0 Å². The number of piperidine rings is 1. The van der Waals surface area contributed by atoms with Crippen molar-refractivity contribution in [1.82, 2.24) is 14.4 Å². The third-order valence-electron chi connectivity index (χ3n) is 8.62. The number of fused-ring (bicyclic) bond motifs is 2. The molecule has 0 bridgehead atoms. The molecule has 2 N–H and O–H groups in total. The van der Waals surface area contributed by atoms with Gasteiger partial charge in [0.05, 0.1) is 5.92 Å². The van der Waals surface area contributed by atoms with Crippen molar-refractivity contribution in [2.24, 2.45) is 5.92 Å². The van der Waals surface area contributed by atoms with Gasteiger partial charge in [0.25, 0.3) is 0 Å². The number of likely N-dealkylation sites (N-methyl/N-ethyl adjacent to an activating group) is 1. The van der Waals surface area contributed by atoms with E-state index in [9.17, 15) is 14.4 Å². The van der Waals surface area contributed by atoms with E-state index in [-0.39, 0.29) is 5.92 Å². The first-order chi connectivity index (χ1) is 18.1. The first kappa shape index (κ1) is 27.9. The molecule has 5 rings (SSSR count). The van der Waals surface area contributed by atoms with Gasteiger partial charge in [-0.15, -0.1) is 0 Å². The van der Waals surface area contributed by atoms with E-state index < -0.39 is 11.9 Å². The van der Waals surface area contributed by atoms with Crippen molar-refractivity contribution >= 4 is 28.7 Å². The molecule has 1 saturated heterocycles. The summed E-state index contributed by atoms with van der Waals surface area (Å²) in [6.07, 6.45) is 11.8. The van der Waals surface area contributed by atoms with Crippen LogP contribution in [0.3, 0.4) is 0 Å². The van der Waals surface area contributed by atoms with Gasteiger partial charge < -0.3 is 24.6 Å². The minimum absolute atomic E-state index is 0.118. The minimum Gasteiger partial charge on any atom is -0.478 e. The van der Waals surface area contributed by atoms with Crippen LogP contribution in [-0.4, -0.2) is 75.1 Å². The van der Waals surface area contributed by atoms with Crippen molar-refractivity contribution in [2.75, 3.05) is 20.6 Å². The molecule has 1 unspecified atom stereocenters. The molecule has 3 aliphatic rings. The summed E-state index contributed by atoms with van der Waals surface area (Å²) in [6, 6.07) is 8.26. The molecular formula is C30H41N3O5. The highest BCUT2D eigenvalue weighted by molar-refractivity contribution is 5.90. The quantitative estimate of drug-likeness (QED) is 0.552. The van der Waals surface area contributed by atoms with Gasteiger partial charge in [-0.25, -0.2) is 9.59 Å². The van der Waals surface area contributed by atoms with Crippen LogP contribution >= 0.6 is 0 Å². The predicted octanol–water partition coefficient (Wildman–Crippen LogP) is 4.69. The first-order valence-electron chi connectivity index (χ1n) is 13.8. The van der Waals surface area contributed by atoms with E-state index in [1.165, 1.54) is 54.1 Å². The van der Waals surface area contributed by atoms with E-state index in [0.29, 0.717) is 42.1 Å². The summed E-state index contributed by atoms with van der Waals surface area (Å²) in [4.78, 5) is 37.2. The lowest BCUT2D eigenvalue weighted by Crippen LogP contribution is -2.52. The van der Waals surface area contributed by atoms with Crippen molar-refractivity contribution in [3.8, 4) is 0 Å². The summed E-state index contributed by atoms with van der Waals surface area (Å²) < 4.78 is 2.44. The molecule has 1 amide bonds. The Morgan fingerprint density at radius 2 is 1.71 bits per heavy atom. The number of nitrogens with zero attached hydrogens (tertiary/aromatic N) is 3. The van der Waals surface area contributed by atoms with E-state index in [2.05, 4.69) is 66.7 Å². The number of rotatable bonds is 5. The Hall–Kier alpha value is -3.13. The Morgan fingerprint density at radius 1 is 1.05 bits per heavy atom. The van der Waals surface area contributed by atoms with Crippen LogP contribution in [0.4, 0.5) is 0 Å². The average molecular weight is 524 g/mol. The van der Waals surface area contributed by atoms with Crippen LogP contribution in [0.2, 0.25) is 0 Å². The largest absolute Gasteiger partial charge is 0.478 e. The summed E-state index contributed by atoms with van der Waals surface area (Å²) in [6.45, 7) is 5.43. The van der Waals surface area contributed by atoms with Crippen molar-refractivity contribution in [3.63, 3.8) is 0 Å². The standard InChI is InChI=1S/C26H37N3O.C4H4O4/c1-17(2)29-16-18-14-24-22(21-11-8-12-23(29)25(18)21)13-19(15-27(24)3)26(30)28(4)20-9-6-5-7-10-20;5-3(6)1-2-4(7)8/h8,11-12,16-17,19-20,22,24H,5-7,9-10,13-15H2,1-4H3;1-2H,(H,5,6)(H,7,8)/b;2-1-/t19-,22?,24-;/m1./s1. The summed E-state index contributed by atoms with van der Waals surface area (Å²) in [5, 5.41) is 17.1. The van der Waals surface area contributed by atoms with Gasteiger partial charge in [0.2, 0.25) is 5.91 Å². The van der Waals surface area contributed by atoms with Gasteiger partial charge in [0, 0.05) is 66.9 Å². The van der Waals surface area contributed by atoms with Gasteiger partial charge in [-0.1, -0.05) is 31.4 Å². The van der Waals surface area contributed by atoms with E-state index in [1.54, 1.807) is 0 Å². The van der Waals surface area contributed by atoms with Crippen LogP contribution in [0.5, 0.6) is 0 Å². The zero-order chi connectivity index (χ0) is 27.6. The van der Waals surface area contributed by atoms with Gasteiger partial charge >= 0.3 is 11.9 Å². The van der Waals surface area contributed by atoms with Gasteiger partial charge in [-0.2, -0.15) is 0 Å². The molecule has 0 spiro atoms. The summed E-state index contributed by atoms with van der Waals surface area (Å²) >= 11 is 0. The van der Waals surface area contributed by atoms with Crippen LogP contribution in [-0.2, 0) is 20.8 Å². The third kappa shape index (κ3) is 5.80. The first-order valence-corrected chi connectivity index (χ1v) is 13.8. The molecule has 1 saturated carbocycles. The molecule has 8 heteroatoms. The van der Waals surface area contributed by atoms with Gasteiger partial charge in [0.15, 0.2) is 0 Å².